The van der Waals surface area contributed by atoms with Gasteiger partial charge in [-0.2, -0.15) is 5.10 Å². The first kappa shape index (κ1) is 20.4. The van der Waals surface area contributed by atoms with Gasteiger partial charge in [-0.3, -0.25) is 0 Å². The van der Waals surface area contributed by atoms with E-state index in [-0.39, 0.29) is 0 Å². The van der Waals surface area contributed by atoms with Gasteiger partial charge in [0.05, 0.1) is 17.1 Å². The zero-order valence-corrected chi connectivity index (χ0v) is 20.6. The van der Waals surface area contributed by atoms with E-state index in [1.807, 2.05) is 35.0 Å². The van der Waals surface area contributed by atoms with E-state index < -0.39 is 0 Å². The molecule has 3 aromatic carbocycles. The van der Waals surface area contributed by atoms with Crippen molar-refractivity contribution in [2.75, 3.05) is 0 Å². The molecule has 31 heavy (non-hydrogen) atoms. The van der Waals surface area contributed by atoms with Crippen LogP contribution in [0, 0.1) is 6.92 Å². The molecule has 2 heterocycles. The van der Waals surface area contributed by atoms with Crippen LogP contribution in [0.4, 0.5) is 0 Å². The van der Waals surface area contributed by atoms with Gasteiger partial charge < -0.3 is 0 Å². The van der Waals surface area contributed by atoms with Crippen LogP contribution in [-0.4, -0.2) is 14.8 Å². The first-order valence-electron chi connectivity index (χ1n) is 9.73. The Balaban J connectivity index is 1.69. The molecule has 0 atom stereocenters. The van der Waals surface area contributed by atoms with Crippen LogP contribution in [0.1, 0.15) is 5.56 Å². The average molecular weight is 551 g/mol. The number of rotatable bonds is 4. The normalized spacial score (nSPS) is 11.1. The highest BCUT2D eigenvalue weighted by atomic mass is 79.9. The van der Waals surface area contributed by atoms with E-state index in [2.05, 4.69) is 92.7 Å². The Bertz CT molecular complexity index is 1340. The predicted octanol–water partition coefficient (Wildman–Crippen LogP) is 8.16. The summed E-state index contributed by atoms with van der Waals surface area (Å²) in [6, 6.07) is 26.9. The van der Waals surface area contributed by atoms with Crippen LogP contribution in [0.5, 0.6) is 0 Å². The summed E-state index contributed by atoms with van der Waals surface area (Å²) in [5.74, 6) is 0. The van der Waals surface area contributed by atoms with Crippen molar-refractivity contribution in [3.8, 4) is 38.9 Å². The van der Waals surface area contributed by atoms with Crippen LogP contribution in [0.15, 0.2) is 93.2 Å². The number of thiazole rings is 1. The molecule has 0 spiro atoms. The molecule has 0 bridgehead atoms. The SMILES string of the molecule is Cc1c(-c2ccc(Br)cc2)nn(-c2nc(-c3ccccc3)cs2)c1-c1ccc(Br)cc1. The zero-order chi connectivity index (χ0) is 21.4. The van der Waals surface area contributed by atoms with Crippen molar-refractivity contribution in [3.05, 3.63) is 98.8 Å². The molecule has 0 aliphatic rings. The minimum Gasteiger partial charge on any atom is -0.218 e. The van der Waals surface area contributed by atoms with Crippen molar-refractivity contribution in [3.63, 3.8) is 0 Å². The van der Waals surface area contributed by atoms with Gasteiger partial charge in [-0.05, 0) is 31.2 Å². The summed E-state index contributed by atoms with van der Waals surface area (Å²) in [5, 5.41) is 7.96. The molecule has 5 aromatic rings. The molecule has 6 heteroatoms. The summed E-state index contributed by atoms with van der Waals surface area (Å²) in [6.07, 6.45) is 0. The van der Waals surface area contributed by atoms with Crippen LogP contribution in [0.25, 0.3) is 38.9 Å². The highest BCUT2D eigenvalue weighted by Gasteiger charge is 2.20. The van der Waals surface area contributed by atoms with Gasteiger partial charge in [0.1, 0.15) is 0 Å². The van der Waals surface area contributed by atoms with Gasteiger partial charge in [0.15, 0.2) is 0 Å². The van der Waals surface area contributed by atoms with E-state index in [9.17, 15) is 0 Å². The highest BCUT2D eigenvalue weighted by molar-refractivity contribution is 9.10. The Labute approximate surface area is 201 Å². The van der Waals surface area contributed by atoms with Crippen LogP contribution in [-0.2, 0) is 0 Å². The Hall–Kier alpha value is -2.54. The van der Waals surface area contributed by atoms with Gasteiger partial charge in [-0.1, -0.05) is 86.5 Å². The van der Waals surface area contributed by atoms with Crippen molar-refractivity contribution in [2.24, 2.45) is 0 Å². The smallest absolute Gasteiger partial charge is 0.211 e. The quantitative estimate of drug-likeness (QED) is 0.226. The fourth-order valence-electron chi connectivity index (χ4n) is 3.57. The van der Waals surface area contributed by atoms with E-state index >= 15 is 0 Å². The number of halogens is 2. The Morgan fingerprint density at radius 1 is 0.742 bits per heavy atom. The zero-order valence-electron chi connectivity index (χ0n) is 16.6. The first-order chi connectivity index (χ1) is 15.1. The Kier molecular flexibility index (Phi) is 5.61. The average Bonchev–Trinajstić information content (AvgIpc) is 3.41. The van der Waals surface area contributed by atoms with Crippen molar-refractivity contribution >= 4 is 43.2 Å². The van der Waals surface area contributed by atoms with E-state index in [0.29, 0.717) is 0 Å². The van der Waals surface area contributed by atoms with Gasteiger partial charge in [0.2, 0.25) is 5.13 Å². The lowest BCUT2D eigenvalue weighted by molar-refractivity contribution is 0.881. The largest absolute Gasteiger partial charge is 0.218 e. The monoisotopic (exact) mass is 549 g/mol. The maximum absolute atomic E-state index is 5.02. The molecular formula is C25H17Br2N3S. The lowest BCUT2D eigenvalue weighted by atomic mass is 10.0. The minimum absolute atomic E-state index is 0.850. The summed E-state index contributed by atoms with van der Waals surface area (Å²) >= 11 is 8.67. The van der Waals surface area contributed by atoms with E-state index in [1.54, 1.807) is 11.3 Å². The van der Waals surface area contributed by atoms with Crippen molar-refractivity contribution in [2.45, 2.75) is 6.92 Å². The summed E-state index contributed by atoms with van der Waals surface area (Å²) in [4.78, 5) is 4.92. The number of nitrogens with zero attached hydrogens (tertiary/aromatic N) is 3. The molecule has 3 nitrogen and oxygen atoms in total. The number of benzene rings is 3. The molecule has 2 aromatic heterocycles. The van der Waals surface area contributed by atoms with Crippen molar-refractivity contribution in [1.29, 1.82) is 0 Å². The van der Waals surface area contributed by atoms with E-state index in [4.69, 9.17) is 10.1 Å². The molecular weight excluding hydrogens is 534 g/mol. The lowest BCUT2D eigenvalue weighted by Gasteiger charge is -2.06. The second-order valence-electron chi connectivity index (χ2n) is 7.13. The molecule has 0 saturated carbocycles. The third kappa shape index (κ3) is 4.03. The molecule has 0 fully saturated rings. The standard InChI is InChI=1S/C25H17Br2N3S/c1-16-23(18-7-11-20(26)12-8-18)29-30(24(16)19-9-13-21(27)14-10-19)25-28-22(15-31-25)17-5-3-2-4-6-17/h2-15H,1H3. The van der Waals surface area contributed by atoms with Gasteiger partial charge in [-0.15, -0.1) is 11.3 Å². The molecule has 0 aliphatic carbocycles. The van der Waals surface area contributed by atoms with Crippen LogP contribution >= 0.6 is 43.2 Å². The van der Waals surface area contributed by atoms with Crippen molar-refractivity contribution < 1.29 is 0 Å². The van der Waals surface area contributed by atoms with E-state index in [1.165, 1.54) is 0 Å². The fourth-order valence-corrected chi connectivity index (χ4v) is 4.88. The van der Waals surface area contributed by atoms with Crippen molar-refractivity contribution in [1.82, 2.24) is 14.8 Å². The first-order valence-corrected chi connectivity index (χ1v) is 12.2. The molecule has 0 N–H and O–H groups in total. The fraction of sp³-hybridized carbons (Fsp3) is 0.0400. The topological polar surface area (TPSA) is 30.7 Å². The minimum atomic E-state index is 0.850. The van der Waals surface area contributed by atoms with Gasteiger partial charge >= 0.3 is 0 Å². The van der Waals surface area contributed by atoms with Crippen LogP contribution in [0.3, 0.4) is 0 Å². The predicted molar refractivity (Wildman–Crippen MR) is 136 cm³/mol. The molecule has 0 amide bonds. The molecule has 0 aliphatic heterocycles. The van der Waals surface area contributed by atoms with E-state index in [0.717, 1.165) is 53.4 Å². The summed E-state index contributed by atoms with van der Waals surface area (Å²) in [7, 11) is 0. The molecule has 0 radical (unpaired) electrons. The maximum Gasteiger partial charge on any atom is 0.211 e. The molecule has 0 unspecified atom stereocenters. The Morgan fingerprint density at radius 3 is 2.00 bits per heavy atom. The van der Waals surface area contributed by atoms with Crippen LogP contribution in [0.2, 0.25) is 0 Å². The van der Waals surface area contributed by atoms with Gasteiger partial charge in [0.25, 0.3) is 0 Å². The van der Waals surface area contributed by atoms with Gasteiger partial charge in [-0.25, -0.2) is 9.67 Å². The summed E-state index contributed by atoms with van der Waals surface area (Å²) < 4.78 is 4.08. The second-order valence-corrected chi connectivity index (χ2v) is 9.80. The molecule has 152 valence electrons. The molecule has 5 rings (SSSR count). The Morgan fingerprint density at radius 2 is 1.35 bits per heavy atom. The number of aromatic nitrogens is 3. The highest BCUT2D eigenvalue weighted by Crippen LogP contribution is 2.36. The second kappa shape index (κ2) is 8.54. The maximum atomic E-state index is 5.02. The lowest BCUT2D eigenvalue weighted by Crippen LogP contribution is -1.99. The summed E-state index contributed by atoms with van der Waals surface area (Å²) in [5.41, 5.74) is 7.39. The third-order valence-corrected chi connectivity index (χ3v) is 6.97. The molecule has 0 saturated heterocycles. The number of hydrogen-bond acceptors (Lipinski definition) is 3. The third-order valence-electron chi connectivity index (χ3n) is 5.10. The van der Waals surface area contributed by atoms with Crippen LogP contribution < -0.4 is 0 Å². The summed E-state index contributed by atoms with van der Waals surface area (Å²) in [6.45, 7) is 2.13. The number of hydrogen-bond donors (Lipinski definition) is 0. The van der Waals surface area contributed by atoms with Gasteiger partial charge in [0, 0.05) is 36.6 Å².